The Bertz CT molecular complexity index is 412. The predicted octanol–water partition coefficient (Wildman–Crippen LogP) is 2.56. The summed E-state index contributed by atoms with van der Waals surface area (Å²) >= 11 is 0. The molecule has 2 aromatic rings. The zero-order valence-corrected chi connectivity index (χ0v) is 7.90. The molecule has 0 fully saturated rings. The largest absolute Gasteiger partial charge is 0.497 e. The zero-order valence-electron chi connectivity index (χ0n) is 7.90. The monoisotopic (exact) mass is 184 g/mol. The molecular formula is C12H10NO. The minimum Gasteiger partial charge on any atom is -0.497 e. The van der Waals surface area contributed by atoms with Crippen LogP contribution in [0.3, 0.4) is 0 Å². The summed E-state index contributed by atoms with van der Waals surface area (Å²) in [6, 6.07) is 14.5. The fourth-order valence-corrected chi connectivity index (χ4v) is 1.24. The van der Waals surface area contributed by atoms with Gasteiger partial charge in [-0.1, -0.05) is 6.07 Å². The third-order valence-electron chi connectivity index (χ3n) is 1.95. The Morgan fingerprint density at radius 3 is 2.93 bits per heavy atom. The van der Waals surface area contributed by atoms with Crippen molar-refractivity contribution < 1.29 is 4.74 Å². The lowest BCUT2D eigenvalue weighted by Gasteiger charge is -2.02. The first-order valence-corrected chi connectivity index (χ1v) is 4.37. The smallest absolute Gasteiger partial charge is 0.119 e. The molecule has 1 aromatic heterocycles. The Kier molecular flexibility index (Phi) is 2.45. The SMILES string of the molecule is COc1cc[c]c(-c2ccccn2)c1. The number of nitrogens with zero attached hydrogens (tertiary/aromatic N) is 1. The Morgan fingerprint density at radius 1 is 1.29 bits per heavy atom. The number of hydrogen-bond acceptors (Lipinski definition) is 2. The second-order valence-corrected chi connectivity index (χ2v) is 2.86. The predicted molar refractivity (Wildman–Crippen MR) is 55.1 cm³/mol. The van der Waals surface area contributed by atoms with Gasteiger partial charge in [-0.15, -0.1) is 0 Å². The number of rotatable bonds is 2. The van der Waals surface area contributed by atoms with Crippen molar-refractivity contribution in [1.29, 1.82) is 0 Å². The van der Waals surface area contributed by atoms with Crippen LogP contribution in [0.5, 0.6) is 5.75 Å². The summed E-state index contributed by atoms with van der Waals surface area (Å²) < 4.78 is 5.13. The van der Waals surface area contributed by atoms with E-state index in [1.54, 1.807) is 13.3 Å². The van der Waals surface area contributed by atoms with Crippen molar-refractivity contribution in [3.63, 3.8) is 0 Å². The van der Waals surface area contributed by atoms with Gasteiger partial charge in [0.05, 0.1) is 12.8 Å². The summed E-state index contributed by atoms with van der Waals surface area (Å²) in [6.07, 6.45) is 1.77. The Hall–Kier alpha value is -1.83. The fraction of sp³-hybridized carbons (Fsp3) is 0.0833. The molecule has 69 valence electrons. The van der Waals surface area contributed by atoms with Crippen LogP contribution in [0.1, 0.15) is 0 Å². The first kappa shape index (κ1) is 8.75. The van der Waals surface area contributed by atoms with Gasteiger partial charge in [-0.25, -0.2) is 0 Å². The van der Waals surface area contributed by atoms with Crippen molar-refractivity contribution >= 4 is 0 Å². The van der Waals surface area contributed by atoms with Gasteiger partial charge in [-0.3, -0.25) is 4.98 Å². The summed E-state index contributed by atoms with van der Waals surface area (Å²) in [6.45, 7) is 0. The van der Waals surface area contributed by atoms with Crippen molar-refractivity contribution in [3.8, 4) is 17.0 Å². The van der Waals surface area contributed by atoms with Crippen LogP contribution in [0, 0.1) is 6.07 Å². The Morgan fingerprint density at radius 2 is 2.21 bits per heavy atom. The molecule has 0 bridgehead atoms. The number of benzene rings is 1. The van der Waals surface area contributed by atoms with Crippen LogP contribution in [0.15, 0.2) is 42.6 Å². The molecule has 14 heavy (non-hydrogen) atoms. The van der Waals surface area contributed by atoms with E-state index in [-0.39, 0.29) is 0 Å². The third kappa shape index (κ3) is 1.74. The molecular weight excluding hydrogens is 174 g/mol. The van der Waals surface area contributed by atoms with Crippen LogP contribution < -0.4 is 4.74 Å². The number of hydrogen-bond donors (Lipinski definition) is 0. The minimum absolute atomic E-state index is 0.824. The highest BCUT2D eigenvalue weighted by Crippen LogP contribution is 2.20. The Labute approximate surface area is 83.2 Å². The summed E-state index contributed by atoms with van der Waals surface area (Å²) in [4.78, 5) is 4.24. The van der Waals surface area contributed by atoms with E-state index < -0.39 is 0 Å². The van der Waals surface area contributed by atoms with E-state index in [0.717, 1.165) is 17.0 Å². The van der Waals surface area contributed by atoms with Crippen molar-refractivity contribution in [2.45, 2.75) is 0 Å². The molecule has 0 N–H and O–H groups in total. The van der Waals surface area contributed by atoms with Crippen LogP contribution in [0.2, 0.25) is 0 Å². The molecule has 1 heterocycles. The van der Waals surface area contributed by atoms with Gasteiger partial charge in [0.2, 0.25) is 0 Å². The molecule has 0 unspecified atom stereocenters. The van der Waals surface area contributed by atoms with Gasteiger partial charge < -0.3 is 4.74 Å². The molecule has 0 aliphatic rings. The maximum Gasteiger partial charge on any atom is 0.119 e. The standard InChI is InChI=1S/C12H10NO/c1-14-11-6-4-5-10(9-11)12-7-2-3-8-13-12/h2-4,6-9H,1H3. The molecule has 0 aliphatic heterocycles. The van der Waals surface area contributed by atoms with Crippen LogP contribution >= 0.6 is 0 Å². The normalized spacial score (nSPS) is 9.79. The highest BCUT2D eigenvalue weighted by molar-refractivity contribution is 5.59. The average Bonchev–Trinajstić information content (AvgIpc) is 2.30. The number of ether oxygens (including phenoxy) is 1. The summed E-state index contributed by atoms with van der Waals surface area (Å²) in [5, 5.41) is 0. The molecule has 1 radical (unpaired) electrons. The molecule has 0 aliphatic carbocycles. The molecule has 0 saturated heterocycles. The lowest BCUT2D eigenvalue weighted by Crippen LogP contribution is -1.85. The highest BCUT2D eigenvalue weighted by atomic mass is 16.5. The second kappa shape index (κ2) is 3.92. The fourth-order valence-electron chi connectivity index (χ4n) is 1.24. The van der Waals surface area contributed by atoms with E-state index in [0.29, 0.717) is 0 Å². The van der Waals surface area contributed by atoms with E-state index in [2.05, 4.69) is 11.1 Å². The average molecular weight is 184 g/mol. The van der Waals surface area contributed by atoms with E-state index in [4.69, 9.17) is 4.74 Å². The van der Waals surface area contributed by atoms with Crippen molar-refractivity contribution in [2.24, 2.45) is 0 Å². The van der Waals surface area contributed by atoms with Crippen molar-refractivity contribution in [2.75, 3.05) is 7.11 Å². The summed E-state index contributed by atoms with van der Waals surface area (Å²) in [5.74, 6) is 0.824. The van der Waals surface area contributed by atoms with Crippen LogP contribution in [0.4, 0.5) is 0 Å². The van der Waals surface area contributed by atoms with Crippen LogP contribution in [-0.2, 0) is 0 Å². The van der Waals surface area contributed by atoms with Gasteiger partial charge in [-0.2, -0.15) is 0 Å². The van der Waals surface area contributed by atoms with Gasteiger partial charge in [0.1, 0.15) is 5.75 Å². The maximum absolute atomic E-state index is 5.13. The van der Waals surface area contributed by atoms with E-state index in [9.17, 15) is 0 Å². The summed E-state index contributed by atoms with van der Waals surface area (Å²) in [7, 11) is 1.65. The number of methoxy groups -OCH3 is 1. The molecule has 2 nitrogen and oxygen atoms in total. The molecule has 0 amide bonds. The van der Waals surface area contributed by atoms with Crippen LogP contribution in [-0.4, -0.2) is 12.1 Å². The van der Waals surface area contributed by atoms with Gasteiger partial charge >= 0.3 is 0 Å². The van der Waals surface area contributed by atoms with E-state index >= 15 is 0 Å². The lowest BCUT2D eigenvalue weighted by atomic mass is 10.1. The highest BCUT2D eigenvalue weighted by Gasteiger charge is 1.99. The van der Waals surface area contributed by atoms with Crippen molar-refractivity contribution in [1.82, 2.24) is 4.98 Å². The first-order chi connectivity index (χ1) is 6.90. The first-order valence-electron chi connectivity index (χ1n) is 4.37. The molecule has 2 heteroatoms. The van der Waals surface area contributed by atoms with Crippen molar-refractivity contribution in [3.05, 3.63) is 48.7 Å². The Balaban J connectivity index is 2.42. The van der Waals surface area contributed by atoms with Crippen LogP contribution in [0.25, 0.3) is 11.3 Å². The number of aromatic nitrogens is 1. The minimum atomic E-state index is 0.824. The number of pyridine rings is 1. The van der Waals surface area contributed by atoms with Gasteiger partial charge in [-0.05, 0) is 36.4 Å². The molecule has 0 atom stereocenters. The quantitative estimate of drug-likeness (QED) is 0.715. The van der Waals surface area contributed by atoms with E-state index in [1.165, 1.54) is 0 Å². The van der Waals surface area contributed by atoms with E-state index in [1.807, 2.05) is 36.4 Å². The maximum atomic E-state index is 5.13. The molecule has 1 aromatic carbocycles. The third-order valence-corrected chi connectivity index (χ3v) is 1.95. The molecule has 2 rings (SSSR count). The van der Waals surface area contributed by atoms with Gasteiger partial charge in [0.25, 0.3) is 0 Å². The van der Waals surface area contributed by atoms with Gasteiger partial charge in [0, 0.05) is 11.8 Å². The summed E-state index contributed by atoms with van der Waals surface area (Å²) in [5.41, 5.74) is 1.86. The molecule has 0 spiro atoms. The zero-order chi connectivity index (χ0) is 9.80. The van der Waals surface area contributed by atoms with Gasteiger partial charge in [0.15, 0.2) is 0 Å². The lowest BCUT2D eigenvalue weighted by molar-refractivity contribution is 0.415. The molecule has 0 saturated carbocycles. The second-order valence-electron chi connectivity index (χ2n) is 2.86. The topological polar surface area (TPSA) is 22.1 Å².